The second-order valence-corrected chi connectivity index (χ2v) is 5.65. The maximum Gasteiger partial charge on any atom is 0.156 e. The molecule has 0 atom stereocenters. The highest BCUT2D eigenvalue weighted by Gasteiger charge is 2.10. The number of hydrogen-bond donors (Lipinski definition) is 0. The topological polar surface area (TPSA) is 9.23 Å². The minimum absolute atomic E-state index is 0.559. The Labute approximate surface area is 130 Å². The lowest BCUT2D eigenvalue weighted by atomic mass is 10.0. The van der Waals surface area contributed by atoms with Crippen molar-refractivity contribution in [3.05, 3.63) is 52.0 Å². The Kier molecular flexibility index (Phi) is 5.33. The van der Waals surface area contributed by atoms with E-state index in [-0.39, 0.29) is 0 Å². The lowest BCUT2D eigenvalue weighted by molar-refractivity contribution is 0.310. The third-order valence-electron chi connectivity index (χ3n) is 3.13. The summed E-state index contributed by atoms with van der Waals surface area (Å²) in [6.07, 6.45) is 2.07. The van der Waals surface area contributed by atoms with Gasteiger partial charge in [0, 0.05) is 0 Å². The second-order valence-electron chi connectivity index (χ2n) is 4.84. The summed E-state index contributed by atoms with van der Waals surface area (Å²) in [5.41, 5.74) is 3.33. The van der Waals surface area contributed by atoms with Gasteiger partial charge in [0.05, 0.1) is 16.7 Å². The van der Waals surface area contributed by atoms with Gasteiger partial charge in [0.2, 0.25) is 0 Å². The van der Waals surface area contributed by atoms with Crippen LogP contribution in [0.5, 0.6) is 5.75 Å². The maximum absolute atomic E-state index is 6.29. The summed E-state index contributed by atoms with van der Waals surface area (Å²) in [6.45, 7) is 4.82. The Morgan fingerprint density at radius 1 is 0.950 bits per heavy atom. The number of aryl methyl sites for hydroxylation is 1. The zero-order valence-corrected chi connectivity index (χ0v) is 13.3. The summed E-state index contributed by atoms with van der Waals surface area (Å²) >= 11 is 12.6. The fourth-order valence-corrected chi connectivity index (χ4v) is 2.53. The molecule has 2 rings (SSSR count). The van der Waals surface area contributed by atoms with Gasteiger partial charge in [-0.15, -0.1) is 0 Å². The minimum Gasteiger partial charge on any atom is -0.490 e. The predicted octanol–water partition coefficient (Wildman–Crippen LogP) is 6.15. The zero-order valence-electron chi connectivity index (χ0n) is 11.7. The van der Waals surface area contributed by atoms with E-state index in [4.69, 9.17) is 27.9 Å². The van der Waals surface area contributed by atoms with E-state index in [1.807, 2.05) is 12.1 Å². The van der Waals surface area contributed by atoms with E-state index in [9.17, 15) is 0 Å². The van der Waals surface area contributed by atoms with E-state index >= 15 is 0 Å². The molecule has 0 amide bonds. The van der Waals surface area contributed by atoms with Gasteiger partial charge in [-0.1, -0.05) is 66.4 Å². The van der Waals surface area contributed by atoms with Crippen LogP contribution in [0.25, 0.3) is 11.1 Å². The molecule has 0 unspecified atom stereocenters. The van der Waals surface area contributed by atoms with Crippen LogP contribution in [0.1, 0.15) is 25.3 Å². The monoisotopic (exact) mass is 308 g/mol. The van der Waals surface area contributed by atoms with Gasteiger partial charge in [0.25, 0.3) is 0 Å². The largest absolute Gasteiger partial charge is 0.490 e. The van der Waals surface area contributed by atoms with Crippen molar-refractivity contribution in [2.45, 2.75) is 26.7 Å². The molecular formula is C17H18Cl2O. The van der Waals surface area contributed by atoms with Crippen LogP contribution in [0.15, 0.2) is 36.4 Å². The Bertz CT molecular complexity index is 553. The van der Waals surface area contributed by atoms with Crippen molar-refractivity contribution in [2.24, 2.45) is 0 Å². The highest BCUT2D eigenvalue weighted by atomic mass is 35.5. The van der Waals surface area contributed by atoms with Crippen LogP contribution in [0, 0.1) is 6.92 Å². The van der Waals surface area contributed by atoms with Crippen molar-refractivity contribution < 1.29 is 4.74 Å². The summed E-state index contributed by atoms with van der Waals surface area (Å²) in [7, 11) is 0. The summed E-state index contributed by atoms with van der Waals surface area (Å²) in [5, 5.41) is 1.12. The molecule has 0 N–H and O–H groups in total. The Hall–Kier alpha value is -1.18. The van der Waals surface area contributed by atoms with Crippen LogP contribution in [-0.2, 0) is 0 Å². The van der Waals surface area contributed by atoms with Gasteiger partial charge < -0.3 is 4.74 Å². The first kappa shape index (κ1) is 15.2. The molecule has 0 aliphatic rings. The normalized spacial score (nSPS) is 10.6. The molecule has 1 nitrogen and oxygen atoms in total. The zero-order chi connectivity index (χ0) is 14.5. The lowest BCUT2D eigenvalue weighted by Gasteiger charge is -2.12. The van der Waals surface area contributed by atoms with Crippen LogP contribution in [0.3, 0.4) is 0 Å². The van der Waals surface area contributed by atoms with Crippen molar-refractivity contribution in [1.82, 2.24) is 0 Å². The summed E-state index contributed by atoms with van der Waals surface area (Å²) in [6, 6.07) is 12.1. The summed E-state index contributed by atoms with van der Waals surface area (Å²) < 4.78 is 5.65. The van der Waals surface area contributed by atoms with Gasteiger partial charge in [-0.05, 0) is 36.6 Å². The highest BCUT2D eigenvalue weighted by Crippen LogP contribution is 2.37. The molecule has 20 heavy (non-hydrogen) atoms. The van der Waals surface area contributed by atoms with Gasteiger partial charge in [-0.2, -0.15) is 0 Å². The molecule has 0 bridgehead atoms. The quantitative estimate of drug-likeness (QED) is 0.602. The predicted molar refractivity (Wildman–Crippen MR) is 87.0 cm³/mol. The first-order valence-corrected chi connectivity index (χ1v) is 7.56. The van der Waals surface area contributed by atoms with E-state index in [0.717, 1.165) is 24.0 Å². The number of rotatable bonds is 5. The van der Waals surface area contributed by atoms with Crippen LogP contribution in [0.4, 0.5) is 0 Å². The molecule has 106 valence electrons. The second kappa shape index (κ2) is 7.01. The smallest absolute Gasteiger partial charge is 0.156 e. The van der Waals surface area contributed by atoms with E-state index in [1.54, 1.807) is 0 Å². The fraction of sp³-hybridized carbons (Fsp3) is 0.294. The fourth-order valence-electron chi connectivity index (χ4n) is 1.93. The first-order valence-electron chi connectivity index (χ1n) is 6.80. The molecular weight excluding hydrogens is 291 g/mol. The van der Waals surface area contributed by atoms with Crippen LogP contribution < -0.4 is 4.74 Å². The van der Waals surface area contributed by atoms with E-state index in [2.05, 4.69) is 38.1 Å². The van der Waals surface area contributed by atoms with Crippen LogP contribution in [-0.4, -0.2) is 6.61 Å². The molecule has 0 saturated heterocycles. The molecule has 0 aromatic heterocycles. The van der Waals surface area contributed by atoms with Gasteiger partial charge >= 0.3 is 0 Å². The highest BCUT2D eigenvalue weighted by molar-refractivity contribution is 6.37. The van der Waals surface area contributed by atoms with E-state index in [0.29, 0.717) is 22.4 Å². The third-order valence-corrected chi connectivity index (χ3v) is 3.69. The average Bonchev–Trinajstić information content (AvgIpc) is 2.42. The molecule has 0 heterocycles. The number of hydrogen-bond acceptors (Lipinski definition) is 1. The minimum atomic E-state index is 0.559. The van der Waals surface area contributed by atoms with Gasteiger partial charge in [0.1, 0.15) is 0 Å². The molecule has 2 aromatic carbocycles. The van der Waals surface area contributed by atoms with Crippen molar-refractivity contribution in [1.29, 1.82) is 0 Å². The molecule has 0 saturated carbocycles. The first-order chi connectivity index (χ1) is 9.61. The van der Waals surface area contributed by atoms with Gasteiger partial charge in [-0.25, -0.2) is 0 Å². The van der Waals surface area contributed by atoms with Gasteiger partial charge in [0.15, 0.2) is 5.75 Å². The number of ether oxygens (including phenoxy) is 1. The Morgan fingerprint density at radius 2 is 1.55 bits per heavy atom. The SMILES string of the molecule is CCCCOc1c(Cl)cc(-c2ccc(C)cc2)cc1Cl. The molecule has 0 fully saturated rings. The molecule has 3 heteroatoms. The Morgan fingerprint density at radius 3 is 2.10 bits per heavy atom. The Balaban J connectivity index is 2.27. The van der Waals surface area contributed by atoms with E-state index in [1.165, 1.54) is 5.56 Å². The van der Waals surface area contributed by atoms with Crippen LogP contribution in [0.2, 0.25) is 10.0 Å². The van der Waals surface area contributed by atoms with E-state index < -0.39 is 0 Å². The van der Waals surface area contributed by atoms with Crippen molar-refractivity contribution in [3.63, 3.8) is 0 Å². The third kappa shape index (κ3) is 3.68. The molecule has 0 aliphatic heterocycles. The molecule has 0 aliphatic carbocycles. The molecule has 0 radical (unpaired) electrons. The van der Waals surface area contributed by atoms with Crippen molar-refractivity contribution in [3.8, 4) is 16.9 Å². The molecule has 2 aromatic rings. The van der Waals surface area contributed by atoms with Gasteiger partial charge in [-0.3, -0.25) is 0 Å². The van der Waals surface area contributed by atoms with Crippen LogP contribution >= 0.6 is 23.2 Å². The maximum atomic E-state index is 6.29. The summed E-state index contributed by atoms with van der Waals surface area (Å²) in [5.74, 6) is 0.581. The molecule has 0 spiro atoms. The number of unbranched alkanes of at least 4 members (excludes halogenated alkanes) is 1. The summed E-state index contributed by atoms with van der Waals surface area (Å²) in [4.78, 5) is 0. The van der Waals surface area contributed by atoms with Crippen molar-refractivity contribution >= 4 is 23.2 Å². The number of benzene rings is 2. The number of halogens is 2. The average molecular weight is 309 g/mol. The van der Waals surface area contributed by atoms with Crippen molar-refractivity contribution in [2.75, 3.05) is 6.61 Å². The standard InChI is InChI=1S/C17H18Cl2O/c1-3-4-9-20-17-15(18)10-14(11-16(17)19)13-7-5-12(2)6-8-13/h5-8,10-11H,3-4,9H2,1-2H3. The lowest BCUT2D eigenvalue weighted by Crippen LogP contribution is -1.98.